The molecule has 2 rings (SSSR count). The standard InChI is InChI=1S/C12H12Cl2N2O/c13-11-2-1-9(5-12(11)14)7-16-3-4-17-10(6-15)8-16/h1-2,5,10H,3-4,7-8H2. The Hall–Kier alpha value is -0.790. The number of nitriles is 1. The lowest BCUT2D eigenvalue weighted by molar-refractivity contribution is -0.00269. The minimum atomic E-state index is -0.327. The van der Waals surface area contributed by atoms with Gasteiger partial charge in [0.2, 0.25) is 0 Å². The van der Waals surface area contributed by atoms with Crippen molar-refractivity contribution < 1.29 is 4.74 Å². The Kier molecular flexibility index (Phi) is 4.25. The van der Waals surface area contributed by atoms with E-state index in [0.717, 1.165) is 18.7 Å². The van der Waals surface area contributed by atoms with Crippen LogP contribution in [-0.4, -0.2) is 30.7 Å². The second-order valence-electron chi connectivity index (χ2n) is 3.97. The molecule has 0 aliphatic carbocycles. The Labute approximate surface area is 110 Å². The molecule has 1 unspecified atom stereocenters. The first kappa shape index (κ1) is 12.7. The molecule has 1 aromatic rings. The molecule has 0 saturated carbocycles. The topological polar surface area (TPSA) is 36.3 Å². The van der Waals surface area contributed by atoms with E-state index >= 15 is 0 Å². The lowest BCUT2D eigenvalue weighted by Gasteiger charge is -2.29. The molecule has 5 heteroatoms. The molecule has 0 spiro atoms. The average Bonchev–Trinajstić information content (AvgIpc) is 2.34. The lowest BCUT2D eigenvalue weighted by atomic mass is 10.2. The van der Waals surface area contributed by atoms with Gasteiger partial charge >= 0.3 is 0 Å². The predicted octanol–water partition coefficient (Wildman–Crippen LogP) is 2.72. The Morgan fingerprint density at radius 2 is 2.24 bits per heavy atom. The highest BCUT2D eigenvalue weighted by Crippen LogP contribution is 2.23. The van der Waals surface area contributed by atoms with Crippen molar-refractivity contribution in [3.05, 3.63) is 33.8 Å². The normalized spacial score (nSPS) is 21.1. The number of rotatable bonds is 2. The van der Waals surface area contributed by atoms with Crippen LogP contribution in [0.5, 0.6) is 0 Å². The van der Waals surface area contributed by atoms with E-state index in [4.69, 9.17) is 33.2 Å². The van der Waals surface area contributed by atoms with Crippen LogP contribution < -0.4 is 0 Å². The van der Waals surface area contributed by atoms with Gasteiger partial charge in [-0.1, -0.05) is 29.3 Å². The van der Waals surface area contributed by atoms with E-state index in [1.165, 1.54) is 0 Å². The van der Waals surface area contributed by atoms with Gasteiger partial charge in [0.1, 0.15) is 0 Å². The Morgan fingerprint density at radius 3 is 2.94 bits per heavy atom. The zero-order chi connectivity index (χ0) is 12.3. The van der Waals surface area contributed by atoms with Crippen molar-refractivity contribution in [2.75, 3.05) is 19.7 Å². The molecule has 17 heavy (non-hydrogen) atoms. The highest BCUT2D eigenvalue weighted by molar-refractivity contribution is 6.42. The number of morpholine rings is 1. The number of halogens is 2. The van der Waals surface area contributed by atoms with Crippen LogP contribution in [0.3, 0.4) is 0 Å². The van der Waals surface area contributed by atoms with Crippen LogP contribution in [-0.2, 0) is 11.3 Å². The summed E-state index contributed by atoms with van der Waals surface area (Å²) in [5.41, 5.74) is 1.10. The molecule has 0 aromatic heterocycles. The van der Waals surface area contributed by atoms with Gasteiger partial charge in [-0.15, -0.1) is 0 Å². The summed E-state index contributed by atoms with van der Waals surface area (Å²) in [6.07, 6.45) is -0.327. The molecule has 1 saturated heterocycles. The molecule has 1 atom stereocenters. The summed E-state index contributed by atoms with van der Waals surface area (Å²) >= 11 is 11.8. The zero-order valence-electron chi connectivity index (χ0n) is 9.20. The summed E-state index contributed by atoms with van der Waals surface area (Å²) in [7, 11) is 0. The molecule has 3 nitrogen and oxygen atoms in total. The smallest absolute Gasteiger partial charge is 0.156 e. The molecule has 1 aliphatic heterocycles. The van der Waals surface area contributed by atoms with Crippen molar-refractivity contribution in [2.24, 2.45) is 0 Å². The number of nitrogens with zero attached hydrogens (tertiary/aromatic N) is 2. The summed E-state index contributed by atoms with van der Waals surface area (Å²) in [6.45, 7) is 2.83. The van der Waals surface area contributed by atoms with Gasteiger partial charge in [0.05, 0.1) is 22.7 Å². The fourth-order valence-electron chi connectivity index (χ4n) is 1.82. The van der Waals surface area contributed by atoms with Gasteiger partial charge in [-0.25, -0.2) is 0 Å². The quantitative estimate of drug-likeness (QED) is 0.829. The van der Waals surface area contributed by atoms with Crippen molar-refractivity contribution in [1.82, 2.24) is 4.90 Å². The van der Waals surface area contributed by atoms with E-state index in [1.807, 2.05) is 12.1 Å². The summed E-state index contributed by atoms with van der Waals surface area (Å²) in [5.74, 6) is 0. The van der Waals surface area contributed by atoms with E-state index in [1.54, 1.807) is 6.07 Å². The number of benzene rings is 1. The van der Waals surface area contributed by atoms with Crippen molar-refractivity contribution in [3.63, 3.8) is 0 Å². The monoisotopic (exact) mass is 270 g/mol. The van der Waals surface area contributed by atoms with Crippen LogP contribution in [0.2, 0.25) is 10.0 Å². The molecule has 0 amide bonds. The predicted molar refractivity (Wildman–Crippen MR) is 67.1 cm³/mol. The average molecular weight is 271 g/mol. The maximum Gasteiger partial charge on any atom is 0.156 e. The Balaban J connectivity index is 2.00. The maximum absolute atomic E-state index is 8.82. The number of hydrogen-bond donors (Lipinski definition) is 0. The third-order valence-corrected chi connectivity index (χ3v) is 3.42. The van der Waals surface area contributed by atoms with Crippen LogP contribution in [0.25, 0.3) is 0 Å². The van der Waals surface area contributed by atoms with E-state index < -0.39 is 0 Å². The SMILES string of the molecule is N#CC1CN(Cc2ccc(Cl)c(Cl)c2)CCO1. The second kappa shape index (κ2) is 5.70. The first-order chi connectivity index (χ1) is 8.19. The summed E-state index contributed by atoms with van der Waals surface area (Å²) in [6, 6.07) is 7.73. The Bertz CT molecular complexity index is 445. The lowest BCUT2D eigenvalue weighted by Crippen LogP contribution is -2.41. The Morgan fingerprint density at radius 1 is 1.41 bits per heavy atom. The maximum atomic E-state index is 8.82. The first-order valence-electron chi connectivity index (χ1n) is 5.36. The van der Waals surface area contributed by atoms with Gasteiger partial charge in [-0.05, 0) is 17.7 Å². The highest BCUT2D eigenvalue weighted by Gasteiger charge is 2.19. The molecule has 90 valence electrons. The van der Waals surface area contributed by atoms with Crippen LogP contribution in [0.15, 0.2) is 18.2 Å². The minimum Gasteiger partial charge on any atom is -0.361 e. The molecule has 1 aromatic carbocycles. The molecule has 0 bridgehead atoms. The highest BCUT2D eigenvalue weighted by atomic mass is 35.5. The zero-order valence-corrected chi connectivity index (χ0v) is 10.7. The molecule has 1 fully saturated rings. The molecular formula is C12H12Cl2N2O. The minimum absolute atomic E-state index is 0.327. The van der Waals surface area contributed by atoms with E-state index in [2.05, 4.69) is 11.0 Å². The fraction of sp³-hybridized carbons (Fsp3) is 0.417. The largest absolute Gasteiger partial charge is 0.361 e. The summed E-state index contributed by atoms with van der Waals surface area (Å²) in [5, 5.41) is 9.94. The van der Waals surface area contributed by atoms with E-state index in [9.17, 15) is 0 Å². The van der Waals surface area contributed by atoms with Crippen molar-refractivity contribution >= 4 is 23.2 Å². The van der Waals surface area contributed by atoms with Gasteiger partial charge in [-0.2, -0.15) is 5.26 Å². The summed E-state index contributed by atoms with van der Waals surface area (Å²) < 4.78 is 5.29. The van der Waals surface area contributed by atoms with Gasteiger partial charge in [-0.3, -0.25) is 4.90 Å². The van der Waals surface area contributed by atoms with Crippen LogP contribution in [0.1, 0.15) is 5.56 Å². The number of ether oxygens (including phenoxy) is 1. The molecule has 0 radical (unpaired) electrons. The second-order valence-corrected chi connectivity index (χ2v) is 4.79. The van der Waals surface area contributed by atoms with Gasteiger partial charge in [0, 0.05) is 19.6 Å². The first-order valence-corrected chi connectivity index (χ1v) is 6.12. The molecular weight excluding hydrogens is 259 g/mol. The molecule has 1 heterocycles. The molecule has 0 N–H and O–H groups in total. The third-order valence-electron chi connectivity index (χ3n) is 2.68. The summed E-state index contributed by atoms with van der Waals surface area (Å²) in [4.78, 5) is 2.18. The van der Waals surface area contributed by atoms with Gasteiger partial charge in [0.15, 0.2) is 6.10 Å². The number of hydrogen-bond acceptors (Lipinski definition) is 3. The van der Waals surface area contributed by atoms with Gasteiger partial charge in [0.25, 0.3) is 0 Å². The fourth-order valence-corrected chi connectivity index (χ4v) is 2.14. The molecule has 1 aliphatic rings. The van der Waals surface area contributed by atoms with E-state index in [-0.39, 0.29) is 6.10 Å². The van der Waals surface area contributed by atoms with Crippen LogP contribution >= 0.6 is 23.2 Å². The van der Waals surface area contributed by atoms with E-state index in [0.29, 0.717) is 23.2 Å². The van der Waals surface area contributed by atoms with Crippen molar-refractivity contribution in [3.8, 4) is 6.07 Å². The van der Waals surface area contributed by atoms with Gasteiger partial charge < -0.3 is 4.74 Å². The third kappa shape index (κ3) is 3.34. The van der Waals surface area contributed by atoms with Crippen LogP contribution in [0.4, 0.5) is 0 Å². The van der Waals surface area contributed by atoms with Crippen molar-refractivity contribution in [1.29, 1.82) is 5.26 Å². The van der Waals surface area contributed by atoms with Crippen LogP contribution in [0, 0.1) is 11.3 Å². The van der Waals surface area contributed by atoms with Crippen molar-refractivity contribution in [2.45, 2.75) is 12.6 Å².